The van der Waals surface area contributed by atoms with Crippen LogP contribution in [0.25, 0.3) is 0 Å². The molecule has 4 nitrogen and oxygen atoms in total. The van der Waals surface area contributed by atoms with Crippen molar-refractivity contribution in [3.8, 4) is 0 Å². The lowest BCUT2D eigenvalue weighted by Gasteiger charge is -2.11. The molecule has 5 heteroatoms. The lowest BCUT2D eigenvalue weighted by atomic mass is 10.0. The quantitative estimate of drug-likeness (QED) is 0.913. The van der Waals surface area contributed by atoms with Crippen LogP contribution in [0.4, 0.5) is 0 Å². The van der Waals surface area contributed by atoms with Crippen LogP contribution in [0, 0.1) is 0 Å². The first kappa shape index (κ1) is 14.9. The van der Waals surface area contributed by atoms with Crippen molar-refractivity contribution in [2.75, 3.05) is 0 Å². The fourth-order valence-electron chi connectivity index (χ4n) is 2.13. The summed E-state index contributed by atoms with van der Waals surface area (Å²) in [6.45, 7) is 2.04. The average molecular weight is 336 g/mol. The number of nitrogens with zero attached hydrogens (tertiary/aromatic N) is 2. The summed E-state index contributed by atoms with van der Waals surface area (Å²) in [6, 6.07) is 8.83. The monoisotopic (exact) mass is 335 g/mol. The Hall–Kier alpha value is -1.46. The van der Waals surface area contributed by atoms with Gasteiger partial charge >= 0.3 is 0 Å². The van der Waals surface area contributed by atoms with Gasteiger partial charge < -0.3 is 5.73 Å². The van der Waals surface area contributed by atoms with Crippen molar-refractivity contribution < 1.29 is 4.79 Å². The smallest absolute Gasteiger partial charge is 0.160 e. The third kappa shape index (κ3) is 2.99. The molecule has 0 saturated heterocycles. The normalized spacial score (nSPS) is 12.4. The Kier molecular flexibility index (Phi) is 4.73. The molecule has 2 aromatic rings. The van der Waals surface area contributed by atoms with Gasteiger partial charge in [-0.15, -0.1) is 0 Å². The van der Waals surface area contributed by atoms with E-state index in [4.69, 9.17) is 5.73 Å². The van der Waals surface area contributed by atoms with E-state index >= 15 is 0 Å². The van der Waals surface area contributed by atoms with Gasteiger partial charge in [-0.1, -0.05) is 37.3 Å². The summed E-state index contributed by atoms with van der Waals surface area (Å²) in [5.41, 5.74) is 8.71. The Bertz CT molecular complexity index is 607. The average Bonchev–Trinajstić information content (AvgIpc) is 2.74. The highest BCUT2D eigenvalue weighted by Gasteiger charge is 2.20. The second kappa shape index (κ2) is 6.33. The molecular formula is C15H18BrN3O. The van der Waals surface area contributed by atoms with Gasteiger partial charge in [-0.2, -0.15) is 5.10 Å². The zero-order chi connectivity index (χ0) is 14.7. The van der Waals surface area contributed by atoms with Gasteiger partial charge in [-0.3, -0.25) is 9.48 Å². The first-order valence-corrected chi connectivity index (χ1v) is 7.37. The number of aryl methyl sites for hydroxylation is 2. The van der Waals surface area contributed by atoms with Crippen molar-refractivity contribution in [3.63, 3.8) is 0 Å². The summed E-state index contributed by atoms with van der Waals surface area (Å²) in [5.74, 6) is -0.0115. The zero-order valence-corrected chi connectivity index (χ0v) is 13.2. The SMILES string of the molecule is CCc1nn(C)c(CC(=O)C(N)c2ccccc2)c1Br. The lowest BCUT2D eigenvalue weighted by molar-refractivity contribution is -0.119. The molecule has 2 rings (SSSR count). The molecule has 0 spiro atoms. The van der Waals surface area contributed by atoms with Crippen molar-refractivity contribution in [1.82, 2.24) is 9.78 Å². The molecule has 1 aromatic carbocycles. The van der Waals surface area contributed by atoms with Gasteiger partial charge in [-0.05, 0) is 27.9 Å². The number of hydrogen-bond donors (Lipinski definition) is 1. The van der Waals surface area contributed by atoms with E-state index in [-0.39, 0.29) is 12.2 Å². The number of halogens is 1. The summed E-state index contributed by atoms with van der Waals surface area (Å²) in [5, 5.41) is 4.39. The van der Waals surface area contributed by atoms with Crippen molar-refractivity contribution in [2.24, 2.45) is 12.8 Å². The third-order valence-corrected chi connectivity index (χ3v) is 4.27. The third-order valence-electron chi connectivity index (χ3n) is 3.35. The molecule has 2 N–H and O–H groups in total. The van der Waals surface area contributed by atoms with E-state index in [0.29, 0.717) is 0 Å². The lowest BCUT2D eigenvalue weighted by Crippen LogP contribution is -2.24. The van der Waals surface area contributed by atoms with Crippen molar-refractivity contribution in [1.29, 1.82) is 0 Å². The number of ketones is 1. The standard InChI is InChI=1S/C15H18BrN3O/c1-3-11-14(16)12(19(2)18-11)9-13(20)15(17)10-7-5-4-6-8-10/h4-8,15H,3,9,17H2,1-2H3. The van der Waals surface area contributed by atoms with E-state index in [2.05, 4.69) is 21.0 Å². The molecule has 0 fully saturated rings. The number of hydrogen-bond acceptors (Lipinski definition) is 3. The molecule has 20 heavy (non-hydrogen) atoms. The fraction of sp³-hybridized carbons (Fsp3) is 0.333. The molecule has 1 unspecified atom stereocenters. The molecule has 1 aromatic heterocycles. The summed E-state index contributed by atoms with van der Waals surface area (Å²) < 4.78 is 2.66. The van der Waals surface area contributed by atoms with Gasteiger partial charge in [0.1, 0.15) is 0 Å². The van der Waals surface area contributed by atoms with Crippen molar-refractivity contribution in [2.45, 2.75) is 25.8 Å². The highest BCUT2D eigenvalue weighted by molar-refractivity contribution is 9.10. The first-order chi connectivity index (χ1) is 9.54. The van der Waals surface area contributed by atoms with Crippen LogP contribution in [0.15, 0.2) is 34.8 Å². The van der Waals surface area contributed by atoms with Crippen LogP contribution in [0.3, 0.4) is 0 Å². The van der Waals surface area contributed by atoms with Crippen LogP contribution in [0.1, 0.15) is 29.9 Å². The largest absolute Gasteiger partial charge is 0.318 e. The van der Waals surface area contributed by atoms with Gasteiger partial charge in [0.25, 0.3) is 0 Å². The van der Waals surface area contributed by atoms with Gasteiger partial charge in [0.05, 0.1) is 28.3 Å². The number of nitrogens with two attached hydrogens (primary N) is 1. The molecule has 1 atom stereocenters. The van der Waals surface area contributed by atoms with E-state index in [9.17, 15) is 4.79 Å². The number of aromatic nitrogens is 2. The molecule has 0 bridgehead atoms. The Morgan fingerprint density at radius 3 is 2.60 bits per heavy atom. The van der Waals surface area contributed by atoms with Crippen LogP contribution in [0.2, 0.25) is 0 Å². The number of rotatable bonds is 5. The Morgan fingerprint density at radius 2 is 2.05 bits per heavy atom. The van der Waals surface area contributed by atoms with E-state index in [1.807, 2.05) is 44.3 Å². The van der Waals surface area contributed by atoms with E-state index < -0.39 is 6.04 Å². The maximum Gasteiger partial charge on any atom is 0.160 e. The molecule has 0 amide bonds. The maximum absolute atomic E-state index is 12.3. The predicted octanol–water partition coefficient (Wildman–Crippen LogP) is 2.56. The van der Waals surface area contributed by atoms with Gasteiger partial charge in [-0.25, -0.2) is 0 Å². The zero-order valence-electron chi connectivity index (χ0n) is 11.6. The van der Waals surface area contributed by atoms with Crippen molar-refractivity contribution in [3.05, 3.63) is 51.8 Å². The van der Waals surface area contributed by atoms with Crippen LogP contribution in [-0.4, -0.2) is 15.6 Å². The summed E-state index contributed by atoms with van der Waals surface area (Å²) >= 11 is 3.52. The summed E-state index contributed by atoms with van der Waals surface area (Å²) in [6.07, 6.45) is 1.10. The molecular weight excluding hydrogens is 318 g/mol. The number of benzene rings is 1. The topological polar surface area (TPSA) is 60.9 Å². The van der Waals surface area contributed by atoms with E-state index in [0.717, 1.165) is 27.8 Å². The van der Waals surface area contributed by atoms with E-state index in [1.54, 1.807) is 4.68 Å². The molecule has 0 radical (unpaired) electrons. The van der Waals surface area contributed by atoms with Crippen LogP contribution in [0.5, 0.6) is 0 Å². The summed E-state index contributed by atoms with van der Waals surface area (Å²) in [4.78, 5) is 12.3. The molecule has 106 valence electrons. The number of carbonyl (C=O) groups is 1. The second-order valence-electron chi connectivity index (χ2n) is 4.72. The van der Waals surface area contributed by atoms with Gasteiger partial charge in [0.2, 0.25) is 0 Å². The Balaban J connectivity index is 2.18. The number of Topliss-reactive ketones (excluding diaryl/α,β-unsaturated/α-hetero) is 1. The molecule has 0 aliphatic heterocycles. The maximum atomic E-state index is 12.3. The minimum atomic E-state index is -0.594. The Labute approximate surface area is 127 Å². The first-order valence-electron chi connectivity index (χ1n) is 6.58. The minimum Gasteiger partial charge on any atom is -0.318 e. The summed E-state index contributed by atoms with van der Waals surface area (Å²) in [7, 11) is 1.85. The molecule has 0 aliphatic rings. The van der Waals surface area contributed by atoms with E-state index in [1.165, 1.54) is 0 Å². The highest BCUT2D eigenvalue weighted by atomic mass is 79.9. The molecule has 0 saturated carbocycles. The van der Waals surface area contributed by atoms with Crippen LogP contribution >= 0.6 is 15.9 Å². The molecule has 1 heterocycles. The van der Waals surface area contributed by atoms with Crippen molar-refractivity contribution >= 4 is 21.7 Å². The predicted molar refractivity (Wildman–Crippen MR) is 82.4 cm³/mol. The minimum absolute atomic E-state index is 0.0115. The fourth-order valence-corrected chi connectivity index (χ4v) is 2.89. The van der Waals surface area contributed by atoms with Gasteiger partial charge in [0.15, 0.2) is 5.78 Å². The highest BCUT2D eigenvalue weighted by Crippen LogP contribution is 2.23. The Morgan fingerprint density at radius 1 is 1.40 bits per heavy atom. The number of carbonyl (C=O) groups excluding carboxylic acids is 1. The van der Waals surface area contributed by atoms with Crippen LogP contribution in [-0.2, 0) is 24.7 Å². The molecule has 0 aliphatic carbocycles. The second-order valence-corrected chi connectivity index (χ2v) is 5.51. The van der Waals surface area contributed by atoms with Crippen LogP contribution < -0.4 is 5.73 Å². The van der Waals surface area contributed by atoms with Gasteiger partial charge in [0, 0.05) is 7.05 Å².